The quantitative estimate of drug-likeness (QED) is 0.506. The zero-order valence-electron chi connectivity index (χ0n) is 14.1. The molecule has 0 aliphatic carbocycles. The van der Waals surface area contributed by atoms with Crippen LogP contribution in [0.25, 0.3) is 10.9 Å². The molecule has 0 unspecified atom stereocenters. The van der Waals surface area contributed by atoms with E-state index in [0.29, 0.717) is 27.2 Å². The van der Waals surface area contributed by atoms with E-state index >= 15 is 0 Å². The summed E-state index contributed by atoms with van der Waals surface area (Å²) in [6, 6.07) is 16.6. The average molecular weight is 396 g/mol. The molecule has 5 nitrogen and oxygen atoms in total. The van der Waals surface area contributed by atoms with E-state index in [4.69, 9.17) is 16.3 Å². The fourth-order valence-corrected chi connectivity index (χ4v) is 3.36. The van der Waals surface area contributed by atoms with Gasteiger partial charge in [-0.2, -0.15) is 0 Å². The number of carbonyl (C=O) groups is 1. The molecule has 0 saturated heterocycles. The van der Waals surface area contributed by atoms with Crippen LogP contribution in [0.3, 0.4) is 0 Å². The maximum absolute atomic E-state index is 12.5. The summed E-state index contributed by atoms with van der Waals surface area (Å²) in [6.07, 6.45) is 1.70. The number of ether oxygens (including phenoxy) is 1. The number of benzene rings is 2. The Kier molecular flexibility index (Phi) is 5.00. The standard InChI is InChI=1S/C20H14ClN3O2S/c21-14-6-8-15(9-7-14)26-11-18-23-17(12-27-18)20(25)24-16-5-1-3-13-4-2-10-22-19(13)16/h1-10,12H,11H2,(H,24,25). The molecule has 27 heavy (non-hydrogen) atoms. The van der Waals surface area contributed by atoms with Gasteiger partial charge < -0.3 is 10.1 Å². The number of anilines is 1. The maximum Gasteiger partial charge on any atom is 0.275 e. The molecule has 0 bridgehead atoms. The van der Waals surface area contributed by atoms with Gasteiger partial charge in [-0.25, -0.2) is 4.98 Å². The number of halogens is 1. The van der Waals surface area contributed by atoms with Gasteiger partial charge in [-0.05, 0) is 36.4 Å². The normalized spacial score (nSPS) is 10.7. The van der Waals surface area contributed by atoms with Crippen LogP contribution in [0, 0.1) is 0 Å². The number of fused-ring (bicyclic) bond motifs is 1. The number of carbonyl (C=O) groups excluding carboxylic acids is 1. The number of nitrogens with zero attached hydrogens (tertiary/aromatic N) is 2. The van der Waals surface area contributed by atoms with Crippen LogP contribution in [0.5, 0.6) is 5.75 Å². The highest BCUT2D eigenvalue weighted by atomic mass is 35.5. The minimum Gasteiger partial charge on any atom is -0.486 e. The van der Waals surface area contributed by atoms with Gasteiger partial charge in [0.25, 0.3) is 5.91 Å². The summed E-state index contributed by atoms with van der Waals surface area (Å²) in [5, 5.41) is 6.93. The first-order valence-electron chi connectivity index (χ1n) is 8.17. The van der Waals surface area contributed by atoms with Crippen molar-refractivity contribution >= 4 is 45.4 Å². The topological polar surface area (TPSA) is 64.1 Å². The smallest absolute Gasteiger partial charge is 0.275 e. The lowest BCUT2D eigenvalue weighted by atomic mass is 10.2. The average Bonchev–Trinajstić information content (AvgIpc) is 3.17. The molecule has 0 atom stereocenters. The number of hydrogen-bond donors (Lipinski definition) is 1. The van der Waals surface area contributed by atoms with Gasteiger partial charge in [0, 0.05) is 22.0 Å². The lowest BCUT2D eigenvalue weighted by molar-refractivity contribution is 0.102. The van der Waals surface area contributed by atoms with Crippen molar-refractivity contribution in [3.05, 3.63) is 81.9 Å². The van der Waals surface area contributed by atoms with Crippen LogP contribution in [0.1, 0.15) is 15.5 Å². The van der Waals surface area contributed by atoms with Gasteiger partial charge in [0.2, 0.25) is 0 Å². The highest BCUT2D eigenvalue weighted by Crippen LogP contribution is 2.22. The second-order valence-electron chi connectivity index (χ2n) is 5.70. The number of hydrogen-bond acceptors (Lipinski definition) is 5. The molecule has 2 heterocycles. The van der Waals surface area contributed by atoms with Crippen molar-refractivity contribution in [1.29, 1.82) is 0 Å². The number of aromatic nitrogens is 2. The van der Waals surface area contributed by atoms with Crippen LogP contribution >= 0.6 is 22.9 Å². The van der Waals surface area contributed by atoms with Crippen LogP contribution in [0.2, 0.25) is 5.02 Å². The third-order valence-electron chi connectivity index (χ3n) is 3.84. The van der Waals surface area contributed by atoms with Gasteiger partial charge in [0.05, 0.1) is 11.2 Å². The zero-order chi connectivity index (χ0) is 18.6. The number of nitrogens with one attached hydrogen (secondary N) is 1. The zero-order valence-corrected chi connectivity index (χ0v) is 15.6. The van der Waals surface area contributed by atoms with E-state index in [0.717, 1.165) is 10.9 Å². The molecule has 1 amide bonds. The Morgan fingerprint density at radius 1 is 1.11 bits per heavy atom. The monoisotopic (exact) mass is 395 g/mol. The van der Waals surface area contributed by atoms with Crippen molar-refractivity contribution in [1.82, 2.24) is 9.97 Å². The Labute approximate surface area is 164 Å². The molecule has 0 fully saturated rings. The molecule has 0 aliphatic heterocycles. The van der Waals surface area contributed by atoms with Crippen LogP contribution in [0.15, 0.2) is 66.2 Å². The van der Waals surface area contributed by atoms with E-state index in [1.54, 1.807) is 35.8 Å². The minimum atomic E-state index is -0.276. The Bertz CT molecular complexity index is 1090. The molecular weight excluding hydrogens is 382 g/mol. The van der Waals surface area contributed by atoms with Gasteiger partial charge in [-0.3, -0.25) is 9.78 Å². The van der Waals surface area contributed by atoms with E-state index < -0.39 is 0 Å². The summed E-state index contributed by atoms with van der Waals surface area (Å²) in [5.74, 6) is 0.421. The van der Waals surface area contributed by atoms with Crippen LogP contribution in [-0.4, -0.2) is 15.9 Å². The Morgan fingerprint density at radius 3 is 2.78 bits per heavy atom. The first-order valence-corrected chi connectivity index (χ1v) is 9.43. The molecular formula is C20H14ClN3O2S. The number of amides is 1. The lowest BCUT2D eigenvalue weighted by Gasteiger charge is -2.06. The van der Waals surface area contributed by atoms with Crippen molar-refractivity contribution in [2.45, 2.75) is 6.61 Å². The van der Waals surface area contributed by atoms with Crippen LogP contribution < -0.4 is 10.1 Å². The first-order chi connectivity index (χ1) is 13.2. The van der Waals surface area contributed by atoms with Crippen molar-refractivity contribution in [2.24, 2.45) is 0 Å². The molecule has 4 rings (SSSR count). The number of para-hydroxylation sites is 1. The summed E-state index contributed by atoms with van der Waals surface area (Å²) in [5.41, 5.74) is 1.75. The van der Waals surface area contributed by atoms with Gasteiger partial charge in [0.1, 0.15) is 23.1 Å². The fourth-order valence-electron chi connectivity index (χ4n) is 2.55. The predicted octanol–water partition coefficient (Wildman–Crippen LogP) is 5.18. The predicted molar refractivity (Wildman–Crippen MR) is 108 cm³/mol. The molecule has 0 radical (unpaired) electrons. The highest BCUT2D eigenvalue weighted by Gasteiger charge is 2.13. The molecule has 0 aliphatic rings. The van der Waals surface area contributed by atoms with Crippen LogP contribution in [0.4, 0.5) is 5.69 Å². The van der Waals surface area contributed by atoms with Gasteiger partial charge in [-0.15, -0.1) is 11.3 Å². The second-order valence-corrected chi connectivity index (χ2v) is 7.08. The van der Waals surface area contributed by atoms with Crippen molar-refractivity contribution in [3.8, 4) is 5.75 Å². The number of thiazole rings is 1. The summed E-state index contributed by atoms with van der Waals surface area (Å²) < 4.78 is 5.66. The van der Waals surface area contributed by atoms with Crippen molar-refractivity contribution in [2.75, 3.05) is 5.32 Å². The SMILES string of the molecule is O=C(Nc1cccc2cccnc12)c1csc(COc2ccc(Cl)cc2)n1. The Morgan fingerprint density at radius 2 is 1.93 bits per heavy atom. The van der Waals surface area contributed by atoms with E-state index in [1.807, 2.05) is 30.3 Å². The van der Waals surface area contributed by atoms with E-state index in [2.05, 4.69) is 15.3 Å². The van der Waals surface area contributed by atoms with Gasteiger partial charge in [-0.1, -0.05) is 29.8 Å². The van der Waals surface area contributed by atoms with Gasteiger partial charge >= 0.3 is 0 Å². The summed E-state index contributed by atoms with van der Waals surface area (Å²) in [6.45, 7) is 0.287. The van der Waals surface area contributed by atoms with E-state index in [-0.39, 0.29) is 12.5 Å². The number of pyridine rings is 1. The van der Waals surface area contributed by atoms with E-state index in [1.165, 1.54) is 11.3 Å². The molecule has 0 spiro atoms. The van der Waals surface area contributed by atoms with Crippen LogP contribution in [-0.2, 0) is 6.61 Å². The highest BCUT2D eigenvalue weighted by molar-refractivity contribution is 7.09. The largest absolute Gasteiger partial charge is 0.486 e. The van der Waals surface area contributed by atoms with E-state index in [9.17, 15) is 4.79 Å². The van der Waals surface area contributed by atoms with Crippen molar-refractivity contribution in [3.63, 3.8) is 0 Å². The molecule has 2 aromatic heterocycles. The third kappa shape index (κ3) is 4.07. The molecule has 4 aromatic rings. The number of rotatable bonds is 5. The summed E-state index contributed by atoms with van der Waals surface area (Å²) in [7, 11) is 0. The Balaban J connectivity index is 1.44. The molecule has 2 aromatic carbocycles. The fraction of sp³-hybridized carbons (Fsp3) is 0.0500. The first kappa shape index (κ1) is 17.5. The lowest BCUT2D eigenvalue weighted by Crippen LogP contribution is -2.13. The maximum atomic E-state index is 12.5. The molecule has 0 saturated carbocycles. The van der Waals surface area contributed by atoms with Gasteiger partial charge in [0.15, 0.2) is 0 Å². The molecule has 1 N–H and O–H groups in total. The third-order valence-corrected chi connectivity index (χ3v) is 4.92. The summed E-state index contributed by atoms with van der Waals surface area (Å²) in [4.78, 5) is 21.2. The molecule has 7 heteroatoms. The van der Waals surface area contributed by atoms with Crippen molar-refractivity contribution < 1.29 is 9.53 Å². The molecule has 134 valence electrons. The second kappa shape index (κ2) is 7.73. The Hall–Kier alpha value is -2.96. The minimum absolute atomic E-state index is 0.276. The summed E-state index contributed by atoms with van der Waals surface area (Å²) >= 11 is 7.23.